The molecule has 20 heavy (non-hydrogen) atoms. The standard InChI is InChI=1S/C15H21N3OS/c1-11-9-13-14(10-12(11)2)17-15(16-13)20-8-5-18-3-6-19-7-4-18/h9-10H,3-8H2,1-2H3,(H,16,17). The molecule has 1 fully saturated rings. The maximum Gasteiger partial charge on any atom is 0.166 e. The molecule has 0 amide bonds. The number of imidazole rings is 1. The zero-order valence-electron chi connectivity index (χ0n) is 12.1. The molecule has 0 saturated carbocycles. The molecular formula is C15H21N3OS. The Morgan fingerprint density at radius 1 is 1.25 bits per heavy atom. The predicted octanol–water partition coefficient (Wildman–Crippen LogP) is 2.60. The number of rotatable bonds is 4. The lowest BCUT2D eigenvalue weighted by Crippen LogP contribution is -2.37. The molecule has 0 atom stereocenters. The summed E-state index contributed by atoms with van der Waals surface area (Å²) >= 11 is 1.80. The fourth-order valence-electron chi connectivity index (χ4n) is 2.41. The molecule has 0 radical (unpaired) electrons. The van der Waals surface area contributed by atoms with Gasteiger partial charge < -0.3 is 9.72 Å². The van der Waals surface area contributed by atoms with Crippen molar-refractivity contribution in [1.29, 1.82) is 0 Å². The van der Waals surface area contributed by atoms with E-state index in [4.69, 9.17) is 4.74 Å². The van der Waals surface area contributed by atoms with Crippen molar-refractivity contribution in [1.82, 2.24) is 14.9 Å². The largest absolute Gasteiger partial charge is 0.379 e. The van der Waals surface area contributed by atoms with Crippen LogP contribution < -0.4 is 0 Å². The Bertz CT molecular complexity index is 551. The van der Waals surface area contributed by atoms with Crippen LogP contribution in [0.1, 0.15) is 11.1 Å². The van der Waals surface area contributed by atoms with Gasteiger partial charge in [-0.15, -0.1) is 0 Å². The average molecular weight is 291 g/mol. The molecule has 1 aliphatic heterocycles. The van der Waals surface area contributed by atoms with Gasteiger partial charge >= 0.3 is 0 Å². The quantitative estimate of drug-likeness (QED) is 0.879. The van der Waals surface area contributed by atoms with E-state index < -0.39 is 0 Å². The van der Waals surface area contributed by atoms with Crippen LogP contribution in [0.5, 0.6) is 0 Å². The van der Waals surface area contributed by atoms with Gasteiger partial charge in [0.05, 0.1) is 24.2 Å². The maximum atomic E-state index is 5.36. The van der Waals surface area contributed by atoms with Crippen molar-refractivity contribution in [3.63, 3.8) is 0 Å². The van der Waals surface area contributed by atoms with Gasteiger partial charge in [0.2, 0.25) is 0 Å². The van der Waals surface area contributed by atoms with E-state index in [1.54, 1.807) is 11.8 Å². The molecule has 1 aromatic heterocycles. The Morgan fingerprint density at radius 2 is 2.00 bits per heavy atom. The van der Waals surface area contributed by atoms with Gasteiger partial charge in [-0.2, -0.15) is 0 Å². The van der Waals surface area contributed by atoms with Gasteiger partial charge in [0.25, 0.3) is 0 Å². The van der Waals surface area contributed by atoms with Gasteiger partial charge in [-0.1, -0.05) is 11.8 Å². The molecule has 0 spiro atoms. The van der Waals surface area contributed by atoms with Crippen LogP contribution in [0.3, 0.4) is 0 Å². The minimum Gasteiger partial charge on any atom is -0.379 e. The summed E-state index contributed by atoms with van der Waals surface area (Å²) in [6.07, 6.45) is 0. The van der Waals surface area contributed by atoms with Crippen LogP contribution in [-0.2, 0) is 4.74 Å². The fourth-order valence-corrected chi connectivity index (χ4v) is 3.30. The van der Waals surface area contributed by atoms with E-state index in [2.05, 4.69) is 40.8 Å². The van der Waals surface area contributed by atoms with Crippen LogP contribution >= 0.6 is 11.8 Å². The van der Waals surface area contributed by atoms with Gasteiger partial charge in [0.15, 0.2) is 5.16 Å². The normalized spacial score (nSPS) is 16.9. The number of hydrogen-bond donors (Lipinski definition) is 1. The third-order valence-corrected chi connectivity index (χ3v) is 4.68. The highest BCUT2D eigenvalue weighted by molar-refractivity contribution is 7.99. The number of nitrogens with one attached hydrogen (secondary N) is 1. The van der Waals surface area contributed by atoms with Crippen LogP contribution in [0.4, 0.5) is 0 Å². The van der Waals surface area contributed by atoms with E-state index >= 15 is 0 Å². The lowest BCUT2D eigenvalue weighted by atomic mass is 10.1. The summed E-state index contributed by atoms with van der Waals surface area (Å²) in [5, 5.41) is 1.03. The Labute approximate surface area is 123 Å². The van der Waals surface area contributed by atoms with Crippen molar-refractivity contribution in [3.05, 3.63) is 23.3 Å². The molecule has 4 nitrogen and oxygen atoms in total. The molecule has 1 saturated heterocycles. The van der Waals surface area contributed by atoms with Crippen molar-refractivity contribution in [2.45, 2.75) is 19.0 Å². The second kappa shape index (κ2) is 6.16. The molecular weight excluding hydrogens is 270 g/mol. The number of benzene rings is 1. The molecule has 0 bridgehead atoms. The van der Waals surface area contributed by atoms with Gasteiger partial charge in [-0.3, -0.25) is 4.90 Å². The van der Waals surface area contributed by atoms with Crippen molar-refractivity contribution < 1.29 is 4.74 Å². The van der Waals surface area contributed by atoms with Crippen molar-refractivity contribution in [2.75, 3.05) is 38.6 Å². The number of H-pyrrole nitrogens is 1. The molecule has 1 N–H and O–H groups in total. The summed E-state index contributed by atoms with van der Waals surface area (Å²) in [5.74, 6) is 1.07. The van der Waals surface area contributed by atoms with Gasteiger partial charge in [0.1, 0.15) is 0 Å². The van der Waals surface area contributed by atoms with Crippen LogP contribution in [0.2, 0.25) is 0 Å². The van der Waals surface area contributed by atoms with Crippen LogP contribution in [0.15, 0.2) is 17.3 Å². The number of ether oxygens (including phenoxy) is 1. The predicted molar refractivity (Wildman–Crippen MR) is 83.6 cm³/mol. The number of morpholine rings is 1. The highest BCUT2D eigenvalue weighted by atomic mass is 32.2. The van der Waals surface area contributed by atoms with E-state index in [1.165, 1.54) is 11.1 Å². The SMILES string of the molecule is Cc1cc2nc(SCCN3CCOCC3)[nH]c2cc1C. The highest BCUT2D eigenvalue weighted by Gasteiger charge is 2.10. The number of aryl methyl sites for hydroxylation is 2. The summed E-state index contributed by atoms with van der Waals surface area (Å²) in [6, 6.07) is 4.34. The molecule has 108 valence electrons. The Hall–Kier alpha value is -1.04. The number of fused-ring (bicyclic) bond motifs is 1. The third kappa shape index (κ3) is 3.16. The first-order valence-corrected chi connectivity index (χ1v) is 8.11. The molecule has 2 aromatic rings. The zero-order chi connectivity index (χ0) is 13.9. The van der Waals surface area contributed by atoms with Crippen LogP contribution in [-0.4, -0.2) is 53.5 Å². The number of aromatic nitrogens is 2. The highest BCUT2D eigenvalue weighted by Crippen LogP contribution is 2.22. The molecule has 1 aliphatic rings. The van der Waals surface area contributed by atoms with E-state index in [9.17, 15) is 0 Å². The lowest BCUT2D eigenvalue weighted by Gasteiger charge is -2.26. The molecule has 3 rings (SSSR count). The second-order valence-corrected chi connectivity index (χ2v) is 6.38. The Balaban J connectivity index is 1.60. The first-order chi connectivity index (χ1) is 9.72. The van der Waals surface area contributed by atoms with Crippen molar-refractivity contribution in [2.24, 2.45) is 0 Å². The van der Waals surface area contributed by atoms with E-state index in [-0.39, 0.29) is 0 Å². The molecule has 0 aliphatic carbocycles. The summed E-state index contributed by atoms with van der Waals surface area (Å²) < 4.78 is 5.36. The summed E-state index contributed by atoms with van der Waals surface area (Å²) in [7, 11) is 0. The van der Waals surface area contributed by atoms with Crippen LogP contribution in [0, 0.1) is 13.8 Å². The smallest absolute Gasteiger partial charge is 0.166 e. The topological polar surface area (TPSA) is 41.2 Å². The summed E-state index contributed by atoms with van der Waals surface area (Å²) in [5.41, 5.74) is 4.82. The second-order valence-electron chi connectivity index (χ2n) is 5.30. The minimum atomic E-state index is 0.869. The first-order valence-electron chi connectivity index (χ1n) is 7.12. The monoisotopic (exact) mass is 291 g/mol. The van der Waals surface area contributed by atoms with Crippen molar-refractivity contribution in [3.8, 4) is 0 Å². The van der Waals surface area contributed by atoms with Gasteiger partial charge in [-0.25, -0.2) is 4.98 Å². The first kappa shape index (κ1) is 13.9. The molecule has 2 heterocycles. The van der Waals surface area contributed by atoms with Gasteiger partial charge in [-0.05, 0) is 37.1 Å². The van der Waals surface area contributed by atoms with Crippen molar-refractivity contribution >= 4 is 22.8 Å². The Morgan fingerprint density at radius 3 is 2.80 bits per heavy atom. The summed E-state index contributed by atoms with van der Waals surface area (Å²) in [6.45, 7) is 9.22. The third-order valence-electron chi connectivity index (χ3n) is 3.83. The number of nitrogens with zero attached hydrogens (tertiary/aromatic N) is 2. The molecule has 0 unspecified atom stereocenters. The van der Waals surface area contributed by atoms with Gasteiger partial charge in [0, 0.05) is 25.4 Å². The molecule has 5 heteroatoms. The number of hydrogen-bond acceptors (Lipinski definition) is 4. The minimum absolute atomic E-state index is 0.869. The van der Waals surface area contributed by atoms with E-state index in [0.717, 1.165) is 54.8 Å². The lowest BCUT2D eigenvalue weighted by molar-refractivity contribution is 0.0410. The zero-order valence-corrected chi connectivity index (χ0v) is 12.9. The fraction of sp³-hybridized carbons (Fsp3) is 0.533. The summed E-state index contributed by atoms with van der Waals surface area (Å²) in [4.78, 5) is 10.5. The number of aromatic amines is 1. The Kier molecular flexibility index (Phi) is 4.29. The van der Waals surface area contributed by atoms with E-state index in [0.29, 0.717) is 0 Å². The maximum absolute atomic E-state index is 5.36. The number of thioether (sulfide) groups is 1. The molecule has 1 aromatic carbocycles. The average Bonchev–Trinajstić information content (AvgIpc) is 2.82. The van der Waals surface area contributed by atoms with Crippen LogP contribution in [0.25, 0.3) is 11.0 Å². The van der Waals surface area contributed by atoms with E-state index in [1.807, 2.05) is 0 Å².